The Hall–Kier alpha value is -1.68. The molecule has 1 amide bonds. The monoisotopic (exact) mass is 313 g/mol. The Labute approximate surface area is 136 Å². The van der Waals surface area contributed by atoms with Crippen molar-refractivity contribution in [2.75, 3.05) is 6.61 Å². The van der Waals surface area contributed by atoms with E-state index in [2.05, 4.69) is 5.32 Å². The molecule has 0 bridgehead atoms. The second kappa shape index (κ2) is 6.08. The van der Waals surface area contributed by atoms with Crippen LogP contribution in [0.5, 0.6) is 0 Å². The molecule has 2 saturated carbocycles. The van der Waals surface area contributed by atoms with Crippen LogP contribution < -0.4 is 5.32 Å². The van der Waals surface area contributed by atoms with Crippen molar-refractivity contribution in [2.24, 2.45) is 17.8 Å². The van der Waals surface area contributed by atoms with Gasteiger partial charge in [0.15, 0.2) is 0 Å². The maximum absolute atomic E-state index is 12.4. The van der Waals surface area contributed by atoms with E-state index < -0.39 is 11.7 Å². The van der Waals surface area contributed by atoms with Crippen LogP contribution in [0, 0.1) is 17.8 Å². The SMILES string of the molecule is O=C(N[C@H]1[C@H]2CCO[C@H]2[C@H]1C1CCCC1)C(=O)c1ccccc1. The third kappa shape index (κ3) is 2.59. The van der Waals surface area contributed by atoms with Gasteiger partial charge >= 0.3 is 0 Å². The molecular weight excluding hydrogens is 290 g/mol. The lowest BCUT2D eigenvalue weighted by Crippen LogP contribution is -2.64. The molecule has 1 heterocycles. The minimum atomic E-state index is -0.463. The van der Waals surface area contributed by atoms with Gasteiger partial charge in [0.25, 0.3) is 5.91 Å². The van der Waals surface area contributed by atoms with Crippen molar-refractivity contribution in [3.8, 4) is 0 Å². The van der Waals surface area contributed by atoms with E-state index in [0.717, 1.165) is 13.0 Å². The van der Waals surface area contributed by atoms with Crippen molar-refractivity contribution < 1.29 is 14.3 Å². The largest absolute Gasteiger partial charge is 0.377 e. The van der Waals surface area contributed by atoms with E-state index in [9.17, 15) is 9.59 Å². The molecule has 4 heteroatoms. The van der Waals surface area contributed by atoms with E-state index in [1.54, 1.807) is 24.3 Å². The van der Waals surface area contributed by atoms with E-state index in [-0.39, 0.29) is 6.04 Å². The van der Waals surface area contributed by atoms with Crippen LogP contribution in [0.4, 0.5) is 0 Å². The predicted octanol–water partition coefficient (Wildman–Crippen LogP) is 2.58. The normalized spacial score (nSPS) is 33.0. The quantitative estimate of drug-likeness (QED) is 0.686. The molecule has 0 aromatic heterocycles. The summed E-state index contributed by atoms with van der Waals surface area (Å²) in [6.45, 7) is 0.789. The highest BCUT2D eigenvalue weighted by molar-refractivity contribution is 6.42. The zero-order valence-electron chi connectivity index (χ0n) is 13.2. The van der Waals surface area contributed by atoms with Gasteiger partial charge in [-0.3, -0.25) is 9.59 Å². The van der Waals surface area contributed by atoms with Crippen molar-refractivity contribution in [2.45, 2.75) is 44.2 Å². The van der Waals surface area contributed by atoms with Crippen LogP contribution in [-0.2, 0) is 9.53 Å². The summed E-state index contributed by atoms with van der Waals surface area (Å²) in [6.07, 6.45) is 6.32. The Morgan fingerprint density at radius 3 is 2.52 bits per heavy atom. The molecule has 122 valence electrons. The molecule has 4 atom stereocenters. The van der Waals surface area contributed by atoms with E-state index in [1.807, 2.05) is 6.07 Å². The fourth-order valence-electron chi connectivity index (χ4n) is 4.80. The van der Waals surface area contributed by atoms with Crippen LogP contribution in [0.2, 0.25) is 0 Å². The summed E-state index contributed by atoms with van der Waals surface area (Å²) < 4.78 is 5.90. The first-order valence-electron chi connectivity index (χ1n) is 8.77. The molecule has 0 radical (unpaired) electrons. The summed E-state index contributed by atoms with van der Waals surface area (Å²) in [6, 6.07) is 8.91. The Morgan fingerprint density at radius 1 is 1.04 bits per heavy atom. The Balaban J connectivity index is 1.46. The molecule has 2 aliphatic carbocycles. The van der Waals surface area contributed by atoms with E-state index in [1.165, 1.54) is 25.7 Å². The number of benzene rings is 1. The molecular formula is C19H23NO3. The number of carbonyl (C=O) groups excluding carboxylic acids is 2. The Morgan fingerprint density at radius 2 is 1.78 bits per heavy atom. The van der Waals surface area contributed by atoms with Crippen LogP contribution in [0.3, 0.4) is 0 Å². The van der Waals surface area contributed by atoms with Crippen molar-refractivity contribution >= 4 is 11.7 Å². The number of rotatable bonds is 4. The summed E-state index contributed by atoms with van der Waals surface area (Å²) in [7, 11) is 0. The van der Waals surface area contributed by atoms with Crippen LogP contribution >= 0.6 is 0 Å². The van der Waals surface area contributed by atoms with Crippen LogP contribution in [0.25, 0.3) is 0 Å². The first kappa shape index (κ1) is 14.9. The van der Waals surface area contributed by atoms with Gasteiger partial charge in [-0.15, -0.1) is 0 Å². The van der Waals surface area contributed by atoms with Crippen molar-refractivity contribution in [1.29, 1.82) is 0 Å². The number of ether oxygens (including phenoxy) is 1. The summed E-state index contributed by atoms with van der Waals surface area (Å²) in [5.74, 6) is 0.546. The van der Waals surface area contributed by atoms with Gasteiger partial charge in [-0.1, -0.05) is 56.0 Å². The van der Waals surface area contributed by atoms with E-state index in [0.29, 0.717) is 29.4 Å². The highest BCUT2D eigenvalue weighted by atomic mass is 16.5. The zero-order valence-corrected chi connectivity index (χ0v) is 13.2. The molecule has 0 unspecified atom stereocenters. The molecule has 3 aliphatic rings. The zero-order chi connectivity index (χ0) is 15.8. The van der Waals surface area contributed by atoms with Crippen LogP contribution in [-0.4, -0.2) is 30.4 Å². The van der Waals surface area contributed by atoms with E-state index in [4.69, 9.17) is 4.74 Å². The molecule has 1 saturated heterocycles. The number of ketones is 1. The van der Waals surface area contributed by atoms with Gasteiger partial charge in [-0.25, -0.2) is 0 Å². The van der Waals surface area contributed by atoms with Gasteiger partial charge in [0.1, 0.15) is 0 Å². The number of Topliss-reactive ketones (excluding diaryl/α,β-unsaturated/α-hetero) is 1. The van der Waals surface area contributed by atoms with Crippen molar-refractivity contribution in [1.82, 2.24) is 5.32 Å². The predicted molar refractivity (Wildman–Crippen MR) is 86.0 cm³/mol. The smallest absolute Gasteiger partial charge is 0.292 e. The molecule has 4 nitrogen and oxygen atoms in total. The summed E-state index contributed by atoms with van der Waals surface area (Å²) in [4.78, 5) is 24.7. The van der Waals surface area contributed by atoms with Gasteiger partial charge < -0.3 is 10.1 Å². The lowest BCUT2D eigenvalue weighted by Gasteiger charge is -2.50. The summed E-state index contributed by atoms with van der Waals surface area (Å²) >= 11 is 0. The number of carbonyl (C=O) groups is 2. The highest BCUT2D eigenvalue weighted by Gasteiger charge is 2.57. The topological polar surface area (TPSA) is 55.4 Å². The lowest BCUT2D eigenvalue weighted by molar-refractivity contribution is -0.125. The fourth-order valence-corrected chi connectivity index (χ4v) is 4.80. The molecule has 1 aromatic rings. The third-order valence-corrected chi connectivity index (χ3v) is 5.92. The number of amides is 1. The second-order valence-electron chi connectivity index (χ2n) is 7.10. The second-order valence-corrected chi connectivity index (χ2v) is 7.10. The van der Waals surface area contributed by atoms with Crippen molar-refractivity contribution in [3.63, 3.8) is 0 Å². The fraction of sp³-hybridized carbons (Fsp3) is 0.579. The summed E-state index contributed by atoms with van der Waals surface area (Å²) in [5, 5.41) is 3.04. The molecule has 1 aliphatic heterocycles. The number of nitrogens with one attached hydrogen (secondary N) is 1. The molecule has 0 spiro atoms. The lowest BCUT2D eigenvalue weighted by atomic mass is 9.61. The Bertz CT molecular complexity index is 589. The van der Waals surface area contributed by atoms with Gasteiger partial charge in [-0.05, 0) is 12.3 Å². The highest BCUT2D eigenvalue weighted by Crippen LogP contribution is 2.51. The molecule has 1 N–H and O–H groups in total. The minimum absolute atomic E-state index is 0.116. The molecule has 3 fully saturated rings. The standard InChI is InChI=1S/C19H23NO3/c21-17(13-8-2-1-3-9-13)19(22)20-16-14-10-11-23-18(14)15(16)12-6-4-5-7-12/h1-3,8-9,12,14-16,18H,4-7,10-11H2,(H,20,22)/t14-,15+,16+,18-/m1/s1. The Kier molecular flexibility index (Phi) is 3.93. The summed E-state index contributed by atoms with van der Waals surface area (Å²) in [5.41, 5.74) is 0.459. The molecule has 4 rings (SSSR count). The third-order valence-electron chi connectivity index (χ3n) is 5.92. The average Bonchev–Trinajstić information content (AvgIpc) is 3.23. The van der Waals surface area contributed by atoms with Crippen molar-refractivity contribution in [3.05, 3.63) is 35.9 Å². The first-order valence-corrected chi connectivity index (χ1v) is 8.77. The number of hydrogen-bond acceptors (Lipinski definition) is 3. The molecule has 1 aromatic carbocycles. The maximum atomic E-state index is 12.4. The molecule has 23 heavy (non-hydrogen) atoms. The average molecular weight is 313 g/mol. The van der Waals surface area contributed by atoms with Gasteiger partial charge in [0, 0.05) is 30.0 Å². The minimum Gasteiger partial charge on any atom is -0.377 e. The van der Waals surface area contributed by atoms with E-state index >= 15 is 0 Å². The number of hydrogen-bond donors (Lipinski definition) is 1. The van der Waals surface area contributed by atoms with Crippen LogP contribution in [0.1, 0.15) is 42.5 Å². The van der Waals surface area contributed by atoms with Gasteiger partial charge in [-0.2, -0.15) is 0 Å². The van der Waals surface area contributed by atoms with Gasteiger partial charge in [0.2, 0.25) is 5.78 Å². The van der Waals surface area contributed by atoms with Gasteiger partial charge in [0.05, 0.1) is 6.10 Å². The maximum Gasteiger partial charge on any atom is 0.292 e. The number of fused-ring (bicyclic) bond motifs is 1. The van der Waals surface area contributed by atoms with Crippen LogP contribution in [0.15, 0.2) is 30.3 Å². The first-order chi connectivity index (χ1) is 11.3.